The molecule has 1 aliphatic rings. The summed E-state index contributed by atoms with van der Waals surface area (Å²) >= 11 is 1.34. The molecule has 0 N–H and O–H groups in total. The topological polar surface area (TPSA) is 83.0 Å². The van der Waals surface area contributed by atoms with Crippen LogP contribution in [0.3, 0.4) is 0 Å². The fourth-order valence-corrected chi connectivity index (χ4v) is 5.10. The lowest BCUT2D eigenvalue weighted by Gasteiger charge is -2.36. The number of thioether (sulfide) groups is 1. The van der Waals surface area contributed by atoms with Crippen molar-refractivity contribution in [3.63, 3.8) is 0 Å². The molecule has 4 rings (SSSR count). The normalized spacial score (nSPS) is 21.1. The second-order valence-corrected chi connectivity index (χ2v) is 9.80. The number of aromatic nitrogens is 4. The second-order valence-electron chi connectivity index (χ2n) is 8.86. The Balaban J connectivity index is 1.46. The van der Waals surface area contributed by atoms with Gasteiger partial charge in [-0.3, -0.25) is 14.3 Å². The molecule has 1 saturated carbocycles. The van der Waals surface area contributed by atoms with Gasteiger partial charge in [-0.25, -0.2) is 0 Å². The zero-order valence-corrected chi connectivity index (χ0v) is 19.6. The Hall–Kier alpha value is -2.61. The zero-order valence-electron chi connectivity index (χ0n) is 18.8. The van der Waals surface area contributed by atoms with E-state index in [1.54, 1.807) is 18.7 Å². The summed E-state index contributed by atoms with van der Waals surface area (Å²) in [6.45, 7) is 7.14. The van der Waals surface area contributed by atoms with Crippen molar-refractivity contribution in [1.29, 1.82) is 0 Å². The van der Waals surface area contributed by atoms with Crippen molar-refractivity contribution in [3.8, 4) is 11.4 Å². The van der Waals surface area contributed by atoms with Crippen LogP contribution in [-0.2, 0) is 16.1 Å². The van der Waals surface area contributed by atoms with E-state index < -0.39 is 0 Å². The van der Waals surface area contributed by atoms with Crippen LogP contribution in [0.5, 0.6) is 0 Å². The van der Waals surface area contributed by atoms with Crippen molar-refractivity contribution in [3.05, 3.63) is 48.7 Å². The minimum Gasteiger partial charge on any atom is -0.467 e. The third kappa shape index (κ3) is 5.41. The first kappa shape index (κ1) is 22.6. The van der Waals surface area contributed by atoms with Crippen LogP contribution in [0, 0.1) is 17.8 Å². The van der Waals surface area contributed by atoms with E-state index in [9.17, 15) is 4.79 Å². The third-order valence-corrected chi connectivity index (χ3v) is 7.03. The van der Waals surface area contributed by atoms with E-state index in [0.29, 0.717) is 35.3 Å². The molecule has 0 saturated heterocycles. The van der Waals surface area contributed by atoms with E-state index in [1.807, 2.05) is 28.8 Å². The quantitative estimate of drug-likeness (QED) is 0.347. The van der Waals surface area contributed by atoms with Crippen molar-refractivity contribution in [2.24, 2.45) is 17.8 Å². The number of carbonyl (C=O) groups is 1. The van der Waals surface area contributed by atoms with Crippen LogP contribution in [0.2, 0.25) is 0 Å². The van der Waals surface area contributed by atoms with E-state index in [4.69, 9.17) is 9.15 Å². The molecule has 0 aliphatic heterocycles. The highest BCUT2D eigenvalue weighted by molar-refractivity contribution is 7.99. The van der Waals surface area contributed by atoms with Gasteiger partial charge in [-0.1, -0.05) is 39.0 Å². The van der Waals surface area contributed by atoms with Crippen molar-refractivity contribution in [1.82, 2.24) is 19.7 Å². The van der Waals surface area contributed by atoms with Gasteiger partial charge in [0.25, 0.3) is 0 Å². The van der Waals surface area contributed by atoms with Gasteiger partial charge < -0.3 is 9.15 Å². The third-order valence-electron chi connectivity index (χ3n) is 6.09. The Morgan fingerprint density at radius 3 is 2.88 bits per heavy atom. The summed E-state index contributed by atoms with van der Waals surface area (Å²) in [5.41, 5.74) is 0.858. The number of furan rings is 1. The van der Waals surface area contributed by atoms with Crippen LogP contribution < -0.4 is 0 Å². The maximum absolute atomic E-state index is 12.7. The van der Waals surface area contributed by atoms with Crippen molar-refractivity contribution >= 4 is 17.7 Å². The Morgan fingerprint density at radius 1 is 1.28 bits per heavy atom. The zero-order chi connectivity index (χ0) is 22.5. The van der Waals surface area contributed by atoms with Crippen LogP contribution >= 0.6 is 11.8 Å². The summed E-state index contributed by atoms with van der Waals surface area (Å²) in [5, 5.41) is 9.36. The molecule has 0 bridgehead atoms. The van der Waals surface area contributed by atoms with E-state index in [2.05, 4.69) is 36.0 Å². The Labute approximate surface area is 193 Å². The second kappa shape index (κ2) is 10.3. The number of ether oxygens (including phenoxy) is 1. The predicted octanol–water partition coefficient (Wildman–Crippen LogP) is 5.08. The minimum absolute atomic E-state index is 0.00112. The fourth-order valence-electron chi connectivity index (χ4n) is 4.38. The number of pyridine rings is 1. The molecule has 3 heterocycles. The molecule has 7 nitrogen and oxygen atoms in total. The molecule has 1 aliphatic carbocycles. The molecule has 3 atom stereocenters. The molecule has 32 heavy (non-hydrogen) atoms. The standard InChI is InChI=1S/C24H30N4O3S/c1-16(2)20-9-8-17(3)12-21(20)31-22(29)15-32-24-27-26-23(18-6-4-10-25-13-18)28(24)14-19-7-5-11-30-19/h4-7,10-11,13,16-17,20-21H,8-9,12,14-15H2,1-3H3. The summed E-state index contributed by atoms with van der Waals surface area (Å²) in [7, 11) is 0. The molecular weight excluding hydrogens is 424 g/mol. The lowest BCUT2D eigenvalue weighted by Crippen LogP contribution is -2.36. The molecule has 1 fully saturated rings. The fraction of sp³-hybridized carbons (Fsp3) is 0.500. The summed E-state index contributed by atoms with van der Waals surface area (Å²) < 4.78 is 13.4. The largest absolute Gasteiger partial charge is 0.467 e. The number of hydrogen-bond acceptors (Lipinski definition) is 7. The van der Waals surface area contributed by atoms with E-state index >= 15 is 0 Å². The van der Waals surface area contributed by atoms with Gasteiger partial charge in [-0.05, 0) is 54.9 Å². The van der Waals surface area contributed by atoms with E-state index in [1.165, 1.54) is 18.2 Å². The van der Waals surface area contributed by atoms with Gasteiger partial charge in [0.15, 0.2) is 11.0 Å². The Bertz CT molecular complexity index is 1000. The number of esters is 1. The van der Waals surface area contributed by atoms with E-state index in [0.717, 1.165) is 24.2 Å². The van der Waals surface area contributed by atoms with Gasteiger partial charge in [0.2, 0.25) is 0 Å². The Morgan fingerprint density at radius 2 is 2.16 bits per heavy atom. The SMILES string of the molecule is CC1CCC(C(C)C)C(OC(=O)CSc2nnc(-c3cccnc3)n2Cc2ccco2)C1. The highest BCUT2D eigenvalue weighted by atomic mass is 32.2. The number of nitrogens with zero attached hydrogens (tertiary/aromatic N) is 4. The van der Waals surface area contributed by atoms with E-state index in [-0.39, 0.29) is 17.8 Å². The van der Waals surface area contributed by atoms with Crippen molar-refractivity contribution in [2.75, 3.05) is 5.75 Å². The molecule has 8 heteroatoms. The number of rotatable bonds is 8. The average Bonchev–Trinajstić information content (AvgIpc) is 3.43. The summed E-state index contributed by atoms with van der Waals surface area (Å²) in [6, 6.07) is 7.56. The maximum Gasteiger partial charge on any atom is 0.316 e. The molecular formula is C24H30N4O3S. The van der Waals surface area contributed by atoms with Crippen LogP contribution in [-0.4, -0.2) is 37.6 Å². The highest BCUT2D eigenvalue weighted by Crippen LogP contribution is 2.35. The van der Waals surface area contributed by atoms with Gasteiger partial charge >= 0.3 is 5.97 Å². The van der Waals surface area contributed by atoms with Crippen LogP contribution in [0.1, 0.15) is 45.8 Å². The van der Waals surface area contributed by atoms with Crippen molar-refractivity contribution in [2.45, 2.75) is 57.8 Å². The van der Waals surface area contributed by atoms with Gasteiger partial charge in [0, 0.05) is 18.0 Å². The molecule has 3 aromatic heterocycles. The molecule has 3 aromatic rings. The number of carbonyl (C=O) groups excluding carboxylic acids is 1. The summed E-state index contributed by atoms with van der Waals surface area (Å²) in [4.78, 5) is 16.9. The van der Waals surface area contributed by atoms with Crippen molar-refractivity contribution < 1.29 is 13.9 Å². The molecule has 0 radical (unpaired) electrons. The average molecular weight is 455 g/mol. The predicted molar refractivity (Wildman–Crippen MR) is 123 cm³/mol. The lowest BCUT2D eigenvalue weighted by atomic mass is 9.75. The van der Waals surface area contributed by atoms with Gasteiger partial charge in [0.1, 0.15) is 11.9 Å². The molecule has 170 valence electrons. The summed E-state index contributed by atoms with van der Waals surface area (Å²) in [5.74, 6) is 3.00. The first-order valence-corrected chi connectivity index (χ1v) is 12.2. The first-order chi connectivity index (χ1) is 15.5. The van der Waals surface area contributed by atoms with Crippen LogP contribution in [0.25, 0.3) is 11.4 Å². The van der Waals surface area contributed by atoms with Crippen LogP contribution in [0.15, 0.2) is 52.5 Å². The number of hydrogen-bond donors (Lipinski definition) is 0. The van der Waals surface area contributed by atoms with Gasteiger partial charge in [-0.15, -0.1) is 10.2 Å². The highest BCUT2D eigenvalue weighted by Gasteiger charge is 2.33. The van der Waals surface area contributed by atoms with Crippen LogP contribution in [0.4, 0.5) is 0 Å². The molecule has 3 unspecified atom stereocenters. The van der Waals surface area contributed by atoms with Gasteiger partial charge in [0.05, 0.1) is 18.6 Å². The minimum atomic E-state index is -0.199. The molecule has 0 spiro atoms. The molecule has 0 amide bonds. The van der Waals surface area contributed by atoms with Gasteiger partial charge in [-0.2, -0.15) is 0 Å². The lowest BCUT2D eigenvalue weighted by molar-refractivity contribution is -0.152. The first-order valence-electron chi connectivity index (χ1n) is 11.2. The molecule has 0 aromatic carbocycles. The smallest absolute Gasteiger partial charge is 0.316 e. The maximum atomic E-state index is 12.7. The Kier molecular flexibility index (Phi) is 7.29. The summed E-state index contributed by atoms with van der Waals surface area (Å²) in [6.07, 6.45) is 8.39. The monoisotopic (exact) mass is 454 g/mol.